The summed E-state index contributed by atoms with van der Waals surface area (Å²) in [6, 6.07) is 17.8. The second-order valence-corrected chi connectivity index (χ2v) is 7.56. The van der Waals surface area contributed by atoms with Gasteiger partial charge in [0.15, 0.2) is 0 Å². The molecule has 0 saturated carbocycles. The zero-order valence-corrected chi connectivity index (χ0v) is 15.9. The summed E-state index contributed by atoms with van der Waals surface area (Å²) in [6.07, 6.45) is 0. The number of hydrogen-bond acceptors (Lipinski definition) is 5. The number of carbonyl (C=O) groups excluding carboxylic acids is 1. The molecule has 1 amide bonds. The quantitative estimate of drug-likeness (QED) is 0.612. The van der Waals surface area contributed by atoms with E-state index in [2.05, 4.69) is 10.1 Å². The molecule has 6 heteroatoms. The van der Waals surface area contributed by atoms with Crippen LogP contribution in [0.25, 0.3) is 11.4 Å². The van der Waals surface area contributed by atoms with Crippen LogP contribution in [0.5, 0.6) is 0 Å². The van der Waals surface area contributed by atoms with Gasteiger partial charge in [-0.2, -0.15) is 4.98 Å². The van der Waals surface area contributed by atoms with Gasteiger partial charge >= 0.3 is 0 Å². The fourth-order valence-electron chi connectivity index (χ4n) is 2.49. The minimum absolute atomic E-state index is 0.0232. The molecule has 0 unspecified atom stereocenters. The van der Waals surface area contributed by atoms with Gasteiger partial charge in [-0.15, -0.1) is 11.8 Å². The van der Waals surface area contributed by atoms with Crippen LogP contribution in [-0.4, -0.2) is 33.2 Å². The highest BCUT2D eigenvalue weighted by Gasteiger charge is 2.21. The maximum atomic E-state index is 12.6. The lowest BCUT2D eigenvalue weighted by Crippen LogP contribution is -2.32. The Kier molecular flexibility index (Phi) is 5.73. The van der Waals surface area contributed by atoms with Crippen molar-refractivity contribution in [1.82, 2.24) is 15.0 Å². The molecule has 0 fully saturated rings. The Morgan fingerprint density at radius 1 is 1.15 bits per heavy atom. The summed E-state index contributed by atoms with van der Waals surface area (Å²) in [5, 5.41) is 3.80. The van der Waals surface area contributed by atoms with Crippen LogP contribution >= 0.6 is 11.8 Å². The van der Waals surface area contributed by atoms with E-state index >= 15 is 0 Å². The maximum absolute atomic E-state index is 12.6. The molecule has 1 aromatic heterocycles. The van der Waals surface area contributed by atoms with Crippen molar-refractivity contribution in [3.05, 3.63) is 66.1 Å². The molecule has 0 aliphatic heterocycles. The molecule has 3 aromatic rings. The van der Waals surface area contributed by atoms with E-state index in [1.165, 1.54) is 5.56 Å². The highest BCUT2D eigenvalue weighted by molar-refractivity contribution is 8.00. The molecule has 0 aliphatic carbocycles. The summed E-state index contributed by atoms with van der Waals surface area (Å²) >= 11 is 1.54. The number of carbonyl (C=O) groups is 1. The number of aryl methyl sites for hydroxylation is 1. The first-order chi connectivity index (χ1) is 12.5. The van der Waals surface area contributed by atoms with Crippen LogP contribution in [0, 0.1) is 6.92 Å². The van der Waals surface area contributed by atoms with Crippen molar-refractivity contribution in [2.75, 3.05) is 7.05 Å². The molecule has 26 heavy (non-hydrogen) atoms. The summed E-state index contributed by atoms with van der Waals surface area (Å²) in [4.78, 5) is 19.7. The summed E-state index contributed by atoms with van der Waals surface area (Å²) < 4.78 is 5.29. The van der Waals surface area contributed by atoms with Gasteiger partial charge in [-0.25, -0.2) is 0 Å². The average molecular weight is 367 g/mol. The van der Waals surface area contributed by atoms with Crippen LogP contribution < -0.4 is 0 Å². The lowest BCUT2D eigenvalue weighted by Gasteiger charge is -2.19. The van der Waals surface area contributed by atoms with Crippen molar-refractivity contribution < 1.29 is 9.32 Å². The molecule has 0 saturated heterocycles. The highest BCUT2D eigenvalue weighted by atomic mass is 32.2. The van der Waals surface area contributed by atoms with Crippen LogP contribution in [-0.2, 0) is 11.3 Å². The summed E-state index contributed by atoms with van der Waals surface area (Å²) in [7, 11) is 1.75. The minimum atomic E-state index is -0.195. The molecule has 2 aromatic carbocycles. The average Bonchev–Trinajstić information content (AvgIpc) is 3.12. The van der Waals surface area contributed by atoms with E-state index in [0.717, 1.165) is 10.5 Å². The third-order valence-corrected chi connectivity index (χ3v) is 5.03. The van der Waals surface area contributed by atoms with Gasteiger partial charge in [0.1, 0.15) is 0 Å². The predicted octanol–water partition coefficient (Wildman–Crippen LogP) is 4.18. The summed E-state index contributed by atoms with van der Waals surface area (Å²) in [5.41, 5.74) is 2.09. The Morgan fingerprint density at radius 2 is 1.85 bits per heavy atom. The number of thioether (sulfide) groups is 1. The first kappa shape index (κ1) is 18.2. The van der Waals surface area contributed by atoms with Gasteiger partial charge in [-0.1, -0.05) is 53.2 Å². The third-order valence-electron chi connectivity index (χ3n) is 3.93. The minimum Gasteiger partial charge on any atom is -0.337 e. The molecule has 0 aliphatic rings. The lowest BCUT2D eigenvalue weighted by molar-refractivity contribution is -0.129. The molecule has 5 nitrogen and oxygen atoms in total. The Morgan fingerprint density at radius 3 is 2.54 bits per heavy atom. The van der Waals surface area contributed by atoms with Crippen molar-refractivity contribution in [1.29, 1.82) is 0 Å². The van der Waals surface area contributed by atoms with Gasteiger partial charge < -0.3 is 9.42 Å². The van der Waals surface area contributed by atoms with Crippen LogP contribution in [0.2, 0.25) is 0 Å². The largest absolute Gasteiger partial charge is 0.337 e. The molecule has 3 rings (SSSR count). The molecule has 1 atom stereocenters. The van der Waals surface area contributed by atoms with E-state index in [0.29, 0.717) is 11.7 Å². The van der Waals surface area contributed by atoms with Crippen molar-refractivity contribution in [2.45, 2.75) is 30.5 Å². The number of rotatable bonds is 6. The second kappa shape index (κ2) is 8.19. The number of benzene rings is 2. The van der Waals surface area contributed by atoms with Gasteiger partial charge in [0, 0.05) is 17.5 Å². The standard InChI is InChI=1S/C20H21N3O2S/c1-14-9-11-17(12-10-14)26-15(2)20(24)23(3)13-18-21-19(22-25-18)16-7-5-4-6-8-16/h4-12,15H,13H2,1-3H3/t15-/m0/s1. The van der Waals surface area contributed by atoms with Crippen molar-refractivity contribution in [3.63, 3.8) is 0 Å². The zero-order valence-electron chi connectivity index (χ0n) is 15.0. The first-order valence-corrected chi connectivity index (χ1v) is 9.27. The second-order valence-electron chi connectivity index (χ2n) is 6.15. The number of hydrogen-bond donors (Lipinski definition) is 0. The van der Waals surface area contributed by atoms with Crippen LogP contribution in [0.4, 0.5) is 0 Å². The molecule has 0 radical (unpaired) electrons. The van der Waals surface area contributed by atoms with Crippen LogP contribution in [0.15, 0.2) is 64.0 Å². The van der Waals surface area contributed by atoms with E-state index in [-0.39, 0.29) is 17.7 Å². The molecule has 0 bridgehead atoms. The molecular weight excluding hydrogens is 346 g/mol. The lowest BCUT2D eigenvalue weighted by atomic mass is 10.2. The molecule has 0 spiro atoms. The van der Waals surface area contributed by atoms with E-state index in [1.54, 1.807) is 23.7 Å². The van der Waals surface area contributed by atoms with Gasteiger partial charge in [-0.3, -0.25) is 4.79 Å². The van der Waals surface area contributed by atoms with Crippen LogP contribution in [0.1, 0.15) is 18.4 Å². The maximum Gasteiger partial charge on any atom is 0.246 e. The van der Waals surface area contributed by atoms with E-state index in [1.807, 2.05) is 68.4 Å². The van der Waals surface area contributed by atoms with E-state index in [9.17, 15) is 4.79 Å². The molecule has 1 heterocycles. The number of nitrogens with zero attached hydrogens (tertiary/aromatic N) is 3. The SMILES string of the molecule is Cc1ccc(S[C@@H](C)C(=O)N(C)Cc2nc(-c3ccccc3)no2)cc1. The monoisotopic (exact) mass is 367 g/mol. The summed E-state index contributed by atoms with van der Waals surface area (Å²) in [5.74, 6) is 0.978. The van der Waals surface area contributed by atoms with Gasteiger partial charge in [0.2, 0.25) is 17.6 Å². The summed E-state index contributed by atoms with van der Waals surface area (Å²) in [6.45, 7) is 4.24. The van der Waals surface area contributed by atoms with Gasteiger partial charge in [0.25, 0.3) is 0 Å². The van der Waals surface area contributed by atoms with Gasteiger partial charge in [0.05, 0.1) is 11.8 Å². The smallest absolute Gasteiger partial charge is 0.246 e. The van der Waals surface area contributed by atoms with Crippen LogP contribution in [0.3, 0.4) is 0 Å². The predicted molar refractivity (Wildman–Crippen MR) is 103 cm³/mol. The van der Waals surface area contributed by atoms with Crippen molar-refractivity contribution >= 4 is 17.7 Å². The number of aromatic nitrogens is 2. The van der Waals surface area contributed by atoms with Gasteiger partial charge in [-0.05, 0) is 26.0 Å². The Hall–Kier alpha value is -2.60. The normalized spacial score (nSPS) is 12.0. The van der Waals surface area contributed by atoms with Crippen molar-refractivity contribution in [2.24, 2.45) is 0 Å². The zero-order chi connectivity index (χ0) is 18.5. The van der Waals surface area contributed by atoms with Crippen molar-refractivity contribution in [3.8, 4) is 11.4 Å². The molecular formula is C20H21N3O2S. The Balaban J connectivity index is 1.60. The third kappa shape index (κ3) is 4.52. The topological polar surface area (TPSA) is 59.2 Å². The Bertz CT molecular complexity index is 862. The Labute approximate surface area is 157 Å². The highest BCUT2D eigenvalue weighted by Crippen LogP contribution is 2.25. The first-order valence-electron chi connectivity index (χ1n) is 8.39. The molecule has 0 N–H and O–H groups in total. The fourth-order valence-corrected chi connectivity index (χ4v) is 3.47. The van der Waals surface area contributed by atoms with E-state index in [4.69, 9.17) is 4.52 Å². The van der Waals surface area contributed by atoms with E-state index < -0.39 is 0 Å². The fraction of sp³-hybridized carbons (Fsp3) is 0.250. The molecule has 134 valence electrons. The number of amides is 1.